The second kappa shape index (κ2) is 5.33. The van der Waals surface area contributed by atoms with Crippen LogP contribution in [0.3, 0.4) is 0 Å². The summed E-state index contributed by atoms with van der Waals surface area (Å²) in [6.07, 6.45) is 6.91. The number of amides is 1. The number of hydrogen-bond donors (Lipinski definition) is 0. The van der Waals surface area contributed by atoms with Crippen molar-refractivity contribution in [1.29, 1.82) is 0 Å². The van der Waals surface area contributed by atoms with Crippen LogP contribution in [0.1, 0.15) is 57.1 Å². The molecule has 134 valence electrons. The Morgan fingerprint density at radius 3 is 2.20 bits per heavy atom. The first-order valence-electron chi connectivity index (χ1n) is 10.1. The predicted molar refractivity (Wildman–Crippen MR) is 98.5 cm³/mol. The smallest absolute Gasteiger partial charge is 0.258 e. The van der Waals surface area contributed by atoms with E-state index in [0.29, 0.717) is 11.9 Å². The first-order chi connectivity index (χ1) is 11.9. The molecule has 3 heteroatoms. The Hall–Kier alpha value is -1.35. The van der Waals surface area contributed by atoms with Gasteiger partial charge in [0, 0.05) is 6.54 Å². The second-order valence-electron chi connectivity index (χ2n) is 9.61. The highest BCUT2D eigenvalue weighted by Crippen LogP contribution is 2.57. The Kier molecular flexibility index (Phi) is 3.38. The molecular weight excluding hydrogens is 308 g/mol. The molecule has 0 aromatic heterocycles. The lowest BCUT2D eigenvalue weighted by atomic mass is 9.53. The number of hydrazine groups is 1. The highest BCUT2D eigenvalue weighted by molar-refractivity contribution is 5.90. The minimum atomic E-state index is -0.364. The summed E-state index contributed by atoms with van der Waals surface area (Å²) in [6.45, 7) is 7.23. The van der Waals surface area contributed by atoms with Crippen molar-refractivity contribution in [2.45, 2.75) is 71.0 Å². The molecule has 1 amide bonds. The zero-order valence-electron chi connectivity index (χ0n) is 15.7. The van der Waals surface area contributed by atoms with E-state index in [-0.39, 0.29) is 5.54 Å². The normalized spacial score (nSPS) is 38.9. The van der Waals surface area contributed by atoms with E-state index in [1.807, 2.05) is 0 Å². The molecular formula is C22H30N2O. The summed E-state index contributed by atoms with van der Waals surface area (Å²) in [4.78, 5) is 13.1. The molecule has 6 rings (SSSR count). The van der Waals surface area contributed by atoms with E-state index in [1.54, 1.807) is 0 Å². The first-order valence-corrected chi connectivity index (χ1v) is 10.1. The Morgan fingerprint density at radius 2 is 1.60 bits per heavy atom. The van der Waals surface area contributed by atoms with Gasteiger partial charge < -0.3 is 0 Å². The Balaban J connectivity index is 1.44. The molecule has 1 saturated heterocycles. The van der Waals surface area contributed by atoms with E-state index >= 15 is 0 Å². The van der Waals surface area contributed by atoms with Crippen molar-refractivity contribution < 1.29 is 4.79 Å². The molecule has 0 N–H and O–H groups in total. The summed E-state index contributed by atoms with van der Waals surface area (Å²) in [6, 6.07) is 9.07. The summed E-state index contributed by atoms with van der Waals surface area (Å²) < 4.78 is 0. The number of rotatable bonds is 3. The number of carbonyl (C=O) groups is 1. The highest BCUT2D eigenvalue weighted by Gasteiger charge is 2.60. The maximum absolute atomic E-state index is 13.1. The van der Waals surface area contributed by atoms with Gasteiger partial charge in [-0.2, -0.15) is 5.01 Å². The number of carbonyl (C=O) groups excluding carboxylic acids is 1. The average molecular weight is 338 g/mol. The van der Waals surface area contributed by atoms with Crippen LogP contribution in [0.2, 0.25) is 0 Å². The number of benzene rings is 1. The summed E-state index contributed by atoms with van der Waals surface area (Å²) >= 11 is 0. The maximum atomic E-state index is 13.1. The molecule has 0 spiro atoms. The van der Waals surface area contributed by atoms with E-state index in [0.717, 1.165) is 30.2 Å². The van der Waals surface area contributed by atoms with Crippen LogP contribution in [0.4, 0.5) is 0 Å². The van der Waals surface area contributed by atoms with Gasteiger partial charge in [-0.25, -0.2) is 0 Å². The molecule has 1 aromatic carbocycles. The lowest BCUT2D eigenvalue weighted by Gasteiger charge is -2.65. The van der Waals surface area contributed by atoms with Crippen molar-refractivity contribution in [2.75, 3.05) is 0 Å². The minimum absolute atomic E-state index is 0.346. The molecule has 1 aromatic rings. The molecule has 1 aliphatic heterocycles. The molecule has 5 fully saturated rings. The van der Waals surface area contributed by atoms with Gasteiger partial charge in [0.05, 0.1) is 6.04 Å². The predicted octanol–water partition coefficient (Wildman–Crippen LogP) is 4.16. The van der Waals surface area contributed by atoms with Crippen LogP contribution < -0.4 is 0 Å². The fourth-order valence-corrected chi connectivity index (χ4v) is 6.54. The molecule has 4 bridgehead atoms. The topological polar surface area (TPSA) is 23.6 Å². The van der Waals surface area contributed by atoms with Crippen LogP contribution >= 0.6 is 0 Å². The quantitative estimate of drug-likeness (QED) is 0.826. The van der Waals surface area contributed by atoms with E-state index in [9.17, 15) is 4.79 Å². The third-order valence-corrected chi connectivity index (χ3v) is 7.68. The zero-order chi connectivity index (χ0) is 17.3. The van der Waals surface area contributed by atoms with Gasteiger partial charge in [-0.1, -0.05) is 24.3 Å². The largest absolute Gasteiger partial charge is 0.271 e. The van der Waals surface area contributed by atoms with Crippen molar-refractivity contribution in [1.82, 2.24) is 10.0 Å². The summed E-state index contributed by atoms with van der Waals surface area (Å²) in [5.41, 5.74) is 2.30. The van der Waals surface area contributed by atoms with Crippen LogP contribution in [0.25, 0.3) is 0 Å². The Labute approximate surface area is 151 Å². The number of hydrogen-bond acceptors (Lipinski definition) is 2. The van der Waals surface area contributed by atoms with Crippen LogP contribution in [0.5, 0.6) is 0 Å². The summed E-state index contributed by atoms with van der Waals surface area (Å²) in [5, 5.41) is 4.59. The van der Waals surface area contributed by atoms with Gasteiger partial charge in [-0.15, -0.1) is 0 Å². The van der Waals surface area contributed by atoms with Gasteiger partial charge in [0.2, 0.25) is 0 Å². The van der Waals surface area contributed by atoms with Gasteiger partial charge in [-0.3, -0.25) is 9.80 Å². The maximum Gasteiger partial charge on any atom is 0.258 e. The molecule has 0 radical (unpaired) electrons. The number of aryl methyl sites for hydroxylation is 1. The molecule has 4 aliphatic carbocycles. The Bertz CT molecular complexity index is 682. The second-order valence-corrected chi connectivity index (χ2v) is 9.61. The minimum Gasteiger partial charge on any atom is -0.271 e. The van der Waals surface area contributed by atoms with Gasteiger partial charge in [-0.05, 0) is 87.7 Å². The molecule has 25 heavy (non-hydrogen) atoms. The lowest BCUT2D eigenvalue weighted by Crippen LogP contribution is -2.79. The van der Waals surface area contributed by atoms with Gasteiger partial charge in [0.1, 0.15) is 5.54 Å². The molecule has 4 saturated carbocycles. The van der Waals surface area contributed by atoms with Crippen LogP contribution in [0.15, 0.2) is 24.3 Å². The van der Waals surface area contributed by atoms with E-state index in [1.165, 1.54) is 43.2 Å². The van der Waals surface area contributed by atoms with E-state index < -0.39 is 0 Å². The van der Waals surface area contributed by atoms with Crippen LogP contribution in [-0.4, -0.2) is 27.5 Å². The molecule has 5 aliphatic rings. The number of nitrogens with zero attached hydrogens (tertiary/aromatic N) is 2. The zero-order valence-corrected chi connectivity index (χ0v) is 15.7. The van der Waals surface area contributed by atoms with Crippen LogP contribution in [-0.2, 0) is 11.3 Å². The molecule has 0 atom stereocenters. The van der Waals surface area contributed by atoms with Gasteiger partial charge in [0.15, 0.2) is 0 Å². The third-order valence-electron chi connectivity index (χ3n) is 7.68. The monoisotopic (exact) mass is 338 g/mol. The van der Waals surface area contributed by atoms with Crippen molar-refractivity contribution in [3.8, 4) is 0 Å². The molecule has 3 nitrogen and oxygen atoms in total. The summed E-state index contributed by atoms with van der Waals surface area (Å²) in [5.74, 6) is 3.74. The van der Waals surface area contributed by atoms with Crippen molar-refractivity contribution in [3.63, 3.8) is 0 Å². The fraction of sp³-hybridized carbons (Fsp3) is 0.682. The lowest BCUT2D eigenvalue weighted by molar-refractivity contribution is -0.251. The first kappa shape index (κ1) is 15.9. The SMILES string of the molecule is Cc1ccccc1CN1N(C2C3CC4CC(C3)CC2C4)C(=O)C1(C)C. The third kappa shape index (κ3) is 2.24. The molecule has 0 unspecified atom stereocenters. The van der Waals surface area contributed by atoms with Gasteiger partial charge in [0.25, 0.3) is 5.91 Å². The standard InChI is InChI=1S/C22H30N2O/c1-14-6-4-5-7-17(14)13-23-22(2,3)21(25)24(23)20-18-9-15-8-16(11-18)12-19(20)10-15/h4-7,15-16,18-20H,8-13H2,1-3H3. The van der Waals surface area contributed by atoms with Crippen molar-refractivity contribution >= 4 is 5.91 Å². The van der Waals surface area contributed by atoms with E-state index in [4.69, 9.17) is 0 Å². The highest BCUT2D eigenvalue weighted by atomic mass is 16.2. The summed E-state index contributed by atoms with van der Waals surface area (Å²) in [7, 11) is 0. The fourth-order valence-electron chi connectivity index (χ4n) is 6.54. The van der Waals surface area contributed by atoms with Crippen LogP contribution in [0, 0.1) is 30.6 Å². The van der Waals surface area contributed by atoms with Crippen molar-refractivity contribution in [3.05, 3.63) is 35.4 Å². The average Bonchev–Trinajstić information content (AvgIpc) is 2.57. The van der Waals surface area contributed by atoms with Crippen molar-refractivity contribution in [2.24, 2.45) is 23.7 Å². The molecule has 1 heterocycles. The van der Waals surface area contributed by atoms with E-state index in [2.05, 4.69) is 55.1 Å². The Morgan fingerprint density at radius 1 is 1.00 bits per heavy atom. The van der Waals surface area contributed by atoms with Gasteiger partial charge >= 0.3 is 0 Å².